The Morgan fingerprint density at radius 3 is 2.44 bits per heavy atom. The molecule has 92 valence electrons. The molecule has 1 aliphatic carbocycles. The Bertz CT molecular complexity index is 506. The lowest BCUT2D eigenvalue weighted by molar-refractivity contribution is 0.297. The Kier molecular flexibility index (Phi) is 2.93. The predicted molar refractivity (Wildman–Crippen MR) is 73.6 cm³/mol. The molecule has 3 rings (SSSR count). The largest absolute Gasteiger partial charge is 0.493 e. The van der Waals surface area contributed by atoms with Gasteiger partial charge in [0, 0.05) is 11.6 Å². The van der Waals surface area contributed by atoms with Crippen LogP contribution in [0.25, 0.3) is 0 Å². The number of hydrogen-bond donors (Lipinski definition) is 1. The second kappa shape index (κ2) is 4.73. The first-order valence-corrected chi connectivity index (χ1v) is 6.36. The fourth-order valence-corrected chi connectivity index (χ4v) is 2.31. The van der Waals surface area contributed by atoms with Crippen LogP contribution in [0, 0.1) is 5.92 Å². The first-order valence-electron chi connectivity index (χ1n) is 6.36. The smallest absolute Gasteiger partial charge is 0.119 e. The van der Waals surface area contributed by atoms with Crippen LogP contribution in [0.4, 0.5) is 5.69 Å². The molecule has 0 saturated heterocycles. The van der Waals surface area contributed by atoms with Gasteiger partial charge in [-0.15, -0.1) is 0 Å². The summed E-state index contributed by atoms with van der Waals surface area (Å²) in [7, 11) is 0. The summed E-state index contributed by atoms with van der Waals surface area (Å²) in [5.74, 6) is 2.24. The van der Waals surface area contributed by atoms with E-state index in [0.717, 1.165) is 18.0 Å². The molecule has 0 bridgehead atoms. The van der Waals surface area contributed by atoms with Gasteiger partial charge in [-0.3, -0.25) is 0 Å². The number of nitrogens with two attached hydrogens (primary N) is 1. The minimum atomic E-state index is 0.657. The molecule has 2 heteroatoms. The predicted octanol–water partition coefficient (Wildman–Crippen LogP) is 3.45. The second-order valence-corrected chi connectivity index (χ2v) is 4.89. The Hall–Kier alpha value is -1.96. The molecular weight excluding hydrogens is 222 g/mol. The van der Waals surface area contributed by atoms with E-state index in [9.17, 15) is 0 Å². The number of anilines is 1. The molecule has 2 aromatic carbocycles. The van der Waals surface area contributed by atoms with E-state index in [2.05, 4.69) is 30.3 Å². The van der Waals surface area contributed by atoms with Crippen molar-refractivity contribution in [2.24, 2.45) is 5.92 Å². The van der Waals surface area contributed by atoms with E-state index in [4.69, 9.17) is 10.5 Å². The maximum Gasteiger partial charge on any atom is 0.119 e. The highest BCUT2D eigenvalue weighted by Gasteiger charge is 2.38. The average Bonchev–Trinajstić information content (AvgIpc) is 3.19. The van der Waals surface area contributed by atoms with Crippen LogP contribution in [0.2, 0.25) is 0 Å². The van der Waals surface area contributed by atoms with Crippen molar-refractivity contribution in [3.8, 4) is 5.75 Å². The van der Waals surface area contributed by atoms with Gasteiger partial charge in [0.05, 0.1) is 6.61 Å². The average molecular weight is 239 g/mol. The highest BCUT2D eigenvalue weighted by atomic mass is 16.5. The molecule has 18 heavy (non-hydrogen) atoms. The lowest BCUT2D eigenvalue weighted by Gasteiger charge is -2.06. The van der Waals surface area contributed by atoms with Crippen LogP contribution >= 0.6 is 0 Å². The van der Waals surface area contributed by atoms with Crippen LogP contribution in [0.5, 0.6) is 5.75 Å². The van der Waals surface area contributed by atoms with Crippen LogP contribution in [0.3, 0.4) is 0 Å². The standard InChI is InChI=1S/C16H17NO/c17-14-6-8-15(9-7-14)18-11-13-10-16(13)12-4-2-1-3-5-12/h1-9,13,16H,10-11,17H2/t13-,16+/m0/s1. The minimum Gasteiger partial charge on any atom is -0.493 e. The third kappa shape index (κ3) is 2.48. The molecule has 2 nitrogen and oxygen atoms in total. The maximum atomic E-state index is 5.78. The summed E-state index contributed by atoms with van der Waals surface area (Å²) in [5, 5.41) is 0. The van der Waals surface area contributed by atoms with E-state index < -0.39 is 0 Å². The van der Waals surface area contributed by atoms with Crippen molar-refractivity contribution in [1.29, 1.82) is 0 Å². The van der Waals surface area contributed by atoms with Gasteiger partial charge in [-0.05, 0) is 42.2 Å². The summed E-state index contributed by atoms with van der Waals surface area (Å²) in [4.78, 5) is 0. The zero-order valence-corrected chi connectivity index (χ0v) is 10.3. The van der Waals surface area contributed by atoms with E-state index in [1.165, 1.54) is 12.0 Å². The molecule has 0 spiro atoms. The Balaban J connectivity index is 1.53. The van der Waals surface area contributed by atoms with Crippen LogP contribution in [-0.4, -0.2) is 6.61 Å². The lowest BCUT2D eigenvalue weighted by Crippen LogP contribution is -2.00. The number of hydrogen-bond acceptors (Lipinski definition) is 2. The number of ether oxygens (including phenoxy) is 1. The molecule has 0 radical (unpaired) electrons. The van der Waals surface area contributed by atoms with Crippen LogP contribution in [-0.2, 0) is 0 Å². The van der Waals surface area contributed by atoms with E-state index in [-0.39, 0.29) is 0 Å². The Morgan fingerprint density at radius 2 is 1.72 bits per heavy atom. The summed E-state index contributed by atoms with van der Waals surface area (Å²) in [6.07, 6.45) is 1.24. The molecule has 0 amide bonds. The minimum absolute atomic E-state index is 0.657. The molecule has 2 N–H and O–H groups in total. The fraction of sp³-hybridized carbons (Fsp3) is 0.250. The Labute approximate surface area is 107 Å². The summed E-state index contributed by atoms with van der Waals surface area (Å²) in [6.45, 7) is 0.795. The molecule has 1 saturated carbocycles. The summed E-state index contributed by atoms with van der Waals surface area (Å²) in [5.41, 5.74) is 7.85. The molecule has 1 fully saturated rings. The quantitative estimate of drug-likeness (QED) is 0.829. The third-order valence-electron chi connectivity index (χ3n) is 3.49. The van der Waals surface area contributed by atoms with Crippen LogP contribution < -0.4 is 10.5 Å². The second-order valence-electron chi connectivity index (χ2n) is 4.89. The molecule has 0 aromatic heterocycles. The first kappa shape index (κ1) is 11.1. The van der Waals surface area contributed by atoms with E-state index in [1.54, 1.807) is 0 Å². The van der Waals surface area contributed by atoms with Crippen molar-refractivity contribution in [3.05, 3.63) is 60.2 Å². The number of rotatable bonds is 4. The molecule has 0 aliphatic heterocycles. The van der Waals surface area contributed by atoms with E-state index >= 15 is 0 Å². The summed E-state index contributed by atoms with van der Waals surface area (Å²) >= 11 is 0. The normalized spacial score (nSPS) is 21.6. The zero-order valence-electron chi connectivity index (χ0n) is 10.3. The molecule has 2 atom stereocenters. The van der Waals surface area contributed by atoms with Crippen molar-refractivity contribution in [1.82, 2.24) is 0 Å². The van der Waals surface area contributed by atoms with Crippen molar-refractivity contribution in [3.63, 3.8) is 0 Å². The van der Waals surface area contributed by atoms with Gasteiger partial charge in [0.1, 0.15) is 5.75 Å². The van der Waals surface area contributed by atoms with Gasteiger partial charge in [0.2, 0.25) is 0 Å². The highest BCUT2D eigenvalue weighted by Crippen LogP contribution is 2.47. The lowest BCUT2D eigenvalue weighted by atomic mass is 10.1. The van der Waals surface area contributed by atoms with E-state index in [1.807, 2.05) is 24.3 Å². The van der Waals surface area contributed by atoms with Gasteiger partial charge in [-0.2, -0.15) is 0 Å². The van der Waals surface area contributed by atoms with Crippen molar-refractivity contribution >= 4 is 5.69 Å². The van der Waals surface area contributed by atoms with Gasteiger partial charge < -0.3 is 10.5 Å². The first-order chi connectivity index (χ1) is 8.83. The van der Waals surface area contributed by atoms with Gasteiger partial charge in [-0.1, -0.05) is 30.3 Å². The highest BCUT2D eigenvalue weighted by molar-refractivity contribution is 5.41. The summed E-state index contributed by atoms with van der Waals surface area (Å²) < 4.78 is 5.78. The monoisotopic (exact) mass is 239 g/mol. The third-order valence-corrected chi connectivity index (χ3v) is 3.49. The van der Waals surface area contributed by atoms with E-state index in [0.29, 0.717) is 11.8 Å². The molecule has 1 aliphatic rings. The van der Waals surface area contributed by atoms with Crippen molar-refractivity contribution in [2.75, 3.05) is 12.3 Å². The Morgan fingerprint density at radius 1 is 1.00 bits per heavy atom. The topological polar surface area (TPSA) is 35.2 Å². The van der Waals surface area contributed by atoms with Gasteiger partial charge in [0.15, 0.2) is 0 Å². The van der Waals surface area contributed by atoms with Crippen molar-refractivity contribution < 1.29 is 4.74 Å². The zero-order chi connectivity index (χ0) is 12.4. The maximum absolute atomic E-state index is 5.78. The van der Waals surface area contributed by atoms with Gasteiger partial charge in [-0.25, -0.2) is 0 Å². The van der Waals surface area contributed by atoms with Gasteiger partial charge >= 0.3 is 0 Å². The summed E-state index contributed by atoms with van der Waals surface area (Å²) in [6, 6.07) is 18.3. The van der Waals surface area contributed by atoms with Crippen LogP contribution in [0.15, 0.2) is 54.6 Å². The van der Waals surface area contributed by atoms with Gasteiger partial charge in [0.25, 0.3) is 0 Å². The van der Waals surface area contributed by atoms with Crippen LogP contribution in [0.1, 0.15) is 17.9 Å². The van der Waals surface area contributed by atoms with Crippen molar-refractivity contribution in [2.45, 2.75) is 12.3 Å². The SMILES string of the molecule is Nc1ccc(OC[C@@H]2C[C@@H]2c2ccccc2)cc1. The molecule has 0 unspecified atom stereocenters. The number of nitrogen functional groups attached to an aromatic ring is 1. The molecule has 0 heterocycles. The number of benzene rings is 2. The fourth-order valence-electron chi connectivity index (χ4n) is 2.31. The molecule has 2 aromatic rings. The molecular formula is C16H17NO.